The molecule has 18 heavy (non-hydrogen) atoms. The molecule has 0 aliphatic heterocycles. The summed E-state index contributed by atoms with van der Waals surface area (Å²) in [5.41, 5.74) is 1.23. The monoisotopic (exact) mass is 247 g/mol. The molecule has 1 N–H and O–H groups in total. The van der Waals surface area contributed by atoms with Crippen LogP contribution in [0.1, 0.15) is 12.8 Å². The maximum Gasteiger partial charge on any atom is 0.411 e. The molecular weight excluding hydrogens is 234 g/mol. The molecule has 1 aromatic carbocycles. The summed E-state index contributed by atoms with van der Waals surface area (Å²) in [7, 11) is 0. The maximum atomic E-state index is 11.4. The van der Waals surface area contributed by atoms with Crippen LogP contribution in [0.5, 0.6) is 0 Å². The number of carbonyl (C=O) groups is 1. The number of hydrogen-bond acceptors (Lipinski definition) is 5. The van der Waals surface area contributed by atoms with Gasteiger partial charge in [-0.25, -0.2) is 4.79 Å². The minimum atomic E-state index is -0.513. The lowest BCUT2D eigenvalue weighted by Gasteiger charge is -2.07. The van der Waals surface area contributed by atoms with E-state index in [0.717, 1.165) is 0 Å². The highest BCUT2D eigenvalue weighted by atomic mass is 16.5. The van der Waals surface area contributed by atoms with E-state index < -0.39 is 6.09 Å². The highest BCUT2D eigenvalue weighted by Crippen LogP contribution is 2.26. The van der Waals surface area contributed by atoms with Crippen molar-refractivity contribution in [3.8, 4) is 11.5 Å². The zero-order valence-electron chi connectivity index (χ0n) is 10.1. The molecule has 0 aliphatic carbocycles. The first-order valence-corrected chi connectivity index (χ1v) is 5.54. The molecule has 6 nitrogen and oxygen atoms in total. The lowest BCUT2D eigenvalue weighted by molar-refractivity contribution is 0.168. The van der Waals surface area contributed by atoms with Gasteiger partial charge < -0.3 is 9.15 Å². The van der Waals surface area contributed by atoms with Crippen LogP contribution in [-0.2, 0) is 4.74 Å². The van der Waals surface area contributed by atoms with Gasteiger partial charge in [-0.15, -0.1) is 10.2 Å². The van der Waals surface area contributed by atoms with E-state index in [1.54, 1.807) is 32.0 Å². The second-order valence-electron chi connectivity index (χ2n) is 3.52. The van der Waals surface area contributed by atoms with Crippen molar-refractivity contribution in [1.82, 2.24) is 10.2 Å². The van der Waals surface area contributed by atoms with Crippen molar-refractivity contribution in [2.45, 2.75) is 13.8 Å². The highest BCUT2D eigenvalue weighted by molar-refractivity contribution is 5.89. The molecule has 0 unspecified atom stereocenters. The summed E-state index contributed by atoms with van der Waals surface area (Å²) in [5, 5.41) is 10.3. The number of carbonyl (C=O) groups excluding carboxylic acids is 1. The van der Waals surface area contributed by atoms with Crippen LogP contribution >= 0.6 is 0 Å². The Balaban J connectivity index is 2.28. The Labute approximate surface area is 104 Å². The van der Waals surface area contributed by atoms with Crippen molar-refractivity contribution in [1.29, 1.82) is 0 Å². The second-order valence-corrected chi connectivity index (χ2v) is 3.52. The predicted molar refractivity (Wildman–Crippen MR) is 65.1 cm³/mol. The smallest absolute Gasteiger partial charge is 0.411 e. The van der Waals surface area contributed by atoms with Gasteiger partial charge in [-0.2, -0.15) is 0 Å². The first kappa shape index (κ1) is 12.1. The molecule has 0 spiro atoms. The van der Waals surface area contributed by atoms with Crippen molar-refractivity contribution < 1.29 is 13.9 Å². The quantitative estimate of drug-likeness (QED) is 0.902. The average molecular weight is 247 g/mol. The van der Waals surface area contributed by atoms with E-state index in [0.29, 0.717) is 29.6 Å². The van der Waals surface area contributed by atoms with Crippen molar-refractivity contribution in [2.24, 2.45) is 0 Å². The van der Waals surface area contributed by atoms with Crippen LogP contribution in [0, 0.1) is 6.92 Å². The molecule has 0 bridgehead atoms. The molecule has 0 atom stereocenters. The average Bonchev–Trinajstić information content (AvgIpc) is 2.77. The third kappa shape index (κ3) is 2.65. The number of aromatic nitrogens is 2. The summed E-state index contributed by atoms with van der Waals surface area (Å²) < 4.78 is 10.2. The van der Waals surface area contributed by atoms with Gasteiger partial charge in [0.1, 0.15) is 0 Å². The fourth-order valence-electron chi connectivity index (χ4n) is 1.46. The Bertz CT molecular complexity index is 551. The molecule has 6 heteroatoms. The van der Waals surface area contributed by atoms with E-state index in [2.05, 4.69) is 15.5 Å². The van der Waals surface area contributed by atoms with Gasteiger partial charge in [0.15, 0.2) is 0 Å². The van der Waals surface area contributed by atoms with Gasteiger partial charge in [-0.05, 0) is 19.1 Å². The molecule has 0 radical (unpaired) electrons. The fourth-order valence-corrected chi connectivity index (χ4v) is 1.46. The van der Waals surface area contributed by atoms with Gasteiger partial charge in [0.05, 0.1) is 17.9 Å². The minimum absolute atomic E-state index is 0.313. The molecule has 0 aliphatic rings. The van der Waals surface area contributed by atoms with Gasteiger partial charge in [-0.3, -0.25) is 5.32 Å². The van der Waals surface area contributed by atoms with Crippen LogP contribution in [0.2, 0.25) is 0 Å². The van der Waals surface area contributed by atoms with Crippen molar-refractivity contribution >= 4 is 11.8 Å². The Kier molecular flexibility index (Phi) is 3.57. The van der Waals surface area contributed by atoms with Crippen molar-refractivity contribution in [3.05, 3.63) is 30.2 Å². The number of para-hydroxylation sites is 1. The van der Waals surface area contributed by atoms with Crippen LogP contribution in [0.3, 0.4) is 0 Å². The Morgan fingerprint density at radius 1 is 1.39 bits per heavy atom. The lowest BCUT2D eigenvalue weighted by atomic mass is 10.2. The summed E-state index contributed by atoms with van der Waals surface area (Å²) in [5.74, 6) is 0.829. The van der Waals surface area contributed by atoms with Crippen molar-refractivity contribution in [3.63, 3.8) is 0 Å². The van der Waals surface area contributed by atoms with E-state index in [9.17, 15) is 4.79 Å². The predicted octanol–water partition coefficient (Wildman–Crippen LogP) is 2.61. The molecule has 2 rings (SSSR count). The van der Waals surface area contributed by atoms with Crippen LogP contribution in [0.25, 0.3) is 11.5 Å². The molecule has 1 heterocycles. The zero-order valence-corrected chi connectivity index (χ0v) is 10.1. The van der Waals surface area contributed by atoms with Gasteiger partial charge in [0.25, 0.3) is 0 Å². The highest BCUT2D eigenvalue weighted by Gasteiger charge is 2.13. The SMILES string of the molecule is CCOC(=O)Nc1ccccc1-c1nnc(C)o1. The molecular formula is C12H13N3O3. The number of anilines is 1. The van der Waals surface area contributed by atoms with Gasteiger partial charge in [0, 0.05) is 6.92 Å². The van der Waals surface area contributed by atoms with Crippen LogP contribution in [0.4, 0.5) is 10.5 Å². The summed E-state index contributed by atoms with van der Waals surface area (Å²) >= 11 is 0. The number of amides is 1. The molecule has 1 amide bonds. The van der Waals surface area contributed by atoms with E-state index >= 15 is 0 Å². The summed E-state index contributed by atoms with van der Waals surface area (Å²) in [6.07, 6.45) is -0.513. The maximum absolute atomic E-state index is 11.4. The van der Waals surface area contributed by atoms with E-state index in [1.807, 2.05) is 6.07 Å². The number of nitrogens with one attached hydrogen (secondary N) is 1. The van der Waals surface area contributed by atoms with E-state index in [4.69, 9.17) is 9.15 Å². The summed E-state index contributed by atoms with van der Waals surface area (Å²) in [6.45, 7) is 3.76. The number of benzene rings is 1. The van der Waals surface area contributed by atoms with Crippen LogP contribution < -0.4 is 5.32 Å². The third-order valence-electron chi connectivity index (χ3n) is 2.20. The van der Waals surface area contributed by atoms with Gasteiger partial charge in [-0.1, -0.05) is 12.1 Å². The van der Waals surface area contributed by atoms with Crippen LogP contribution in [-0.4, -0.2) is 22.9 Å². The number of ether oxygens (including phenoxy) is 1. The molecule has 2 aromatic rings. The molecule has 0 fully saturated rings. The molecule has 0 saturated heterocycles. The lowest BCUT2D eigenvalue weighted by Crippen LogP contribution is -2.13. The Morgan fingerprint density at radius 2 is 2.17 bits per heavy atom. The first-order valence-electron chi connectivity index (χ1n) is 5.54. The topological polar surface area (TPSA) is 77.2 Å². The zero-order chi connectivity index (χ0) is 13.0. The van der Waals surface area contributed by atoms with Crippen molar-refractivity contribution in [2.75, 3.05) is 11.9 Å². The van der Waals surface area contributed by atoms with E-state index in [1.165, 1.54) is 0 Å². The minimum Gasteiger partial charge on any atom is -0.450 e. The molecule has 94 valence electrons. The normalized spacial score (nSPS) is 10.1. The number of aryl methyl sites for hydroxylation is 1. The molecule has 0 saturated carbocycles. The number of nitrogens with zero attached hydrogens (tertiary/aromatic N) is 2. The Hall–Kier alpha value is -2.37. The third-order valence-corrected chi connectivity index (χ3v) is 2.20. The van der Waals surface area contributed by atoms with E-state index in [-0.39, 0.29) is 0 Å². The molecule has 1 aromatic heterocycles. The van der Waals surface area contributed by atoms with Gasteiger partial charge in [0.2, 0.25) is 11.8 Å². The number of hydrogen-bond donors (Lipinski definition) is 1. The second kappa shape index (κ2) is 5.31. The number of rotatable bonds is 3. The summed E-state index contributed by atoms with van der Waals surface area (Å²) in [6, 6.07) is 7.15. The Morgan fingerprint density at radius 3 is 2.83 bits per heavy atom. The first-order chi connectivity index (χ1) is 8.70. The standard InChI is InChI=1S/C12H13N3O3/c1-3-17-12(16)13-10-7-5-4-6-9(10)11-15-14-8(2)18-11/h4-7H,3H2,1-2H3,(H,13,16). The summed E-state index contributed by atoms with van der Waals surface area (Å²) in [4.78, 5) is 11.4. The van der Waals surface area contributed by atoms with Gasteiger partial charge >= 0.3 is 6.09 Å². The fraction of sp³-hybridized carbons (Fsp3) is 0.250. The van der Waals surface area contributed by atoms with Crippen LogP contribution in [0.15, 0.2) is 28.7 Å². The largest absolute Gasteiger partial charge is 0.450 e.